The largest absolute Gasteiger partial charge is 0.393 e. The Morgan fingerprint density at radius 1 is 1.17 bits per heavy atom. The van der Waals surface area contributed by atoms with Crippen molar-refractivity contribution in [1.82, 2.24) is 0 Å². The van der Waals surface area contributed by atoms with Crippen molar-refractivity contribution in [3.8, 4) is 0 Å². The summed E-state index contributed by atoms with van der Waals surface area (Å²) in [4.78, 5) is 0. The van der Waals surface area contributed by atoms with Gasteiger partial charge in [-0.2, -0.15) is 0 Å². The molecule has 3 heteroatoms. The maximum Gasteiger partial charge on any atom is 0.0724 e. The molecule has 0 aromatic heterocycles. The Kier molecular flexibility index (Phi) is 3.57. The molecule has 8 atom stereocenters. The first-order valence-electron chi connectivity index (χ1n) is 9.19. The van der Waals surface area contributed by atoms with Crippen LogP contribution in [0.1, 0.15) is 46.0 Å². The average Bonchev–Trinajstić information content (AvgIpc) is 2.83. The van der Waals surface area contributed by atoms with Gasteiger partial charge in [0.2, 0.25) is 0 Å². The number of allylic oxidation sites excluding steroid dienone is 2. The SMILES string of the molecule is CO[C@H]1CC2C[C@@H](O)C=C[C@]2(C)C2=CC[C@]3(C)[C@@H](O)CC[C@H]3[C@@H]21. The monoisotopic (exact) mass is 318 g/mol. The number of aliphatic hydroxyl groups is 2. The lowest BCUT2D eigenvalue weighted by atomic mass is 9.50. The molecule has 2 saturated carbocycles. The fourth-order valence-electron chi connectivity index (χ4n) is 6.25. The summed E-state index contributed by atoms with van der Waals surface area (Å²) < 4.78 is 5.95. The summed E-state index contributed by atoms with van der Waals surface area (Å²) in [7, 11) is 1.83. The Morgan fingerprint density at radius 3 is 2.70 bits per heavy atom. The predicted molar refractivity (Wildman–Crippen MR) is 89.8 cm³/mol. The van der Waals surface area contributed by atoms with Gasteiger partial charge in [0.15, 0.2) is 0 Å². The molecule has 0 heterocycles. The molecule has 4 aliphatic carbocycles. The van der Waals surface area contributed by atoms with E-state index in [9.17, 15) is 10.2 Å². The lowest BCUT2D eigenvalue weighted by Crippen LogP contribution is -2.53. The molecule has 4 rings (SSSR count). The number of ether oxygens (including phenoxy) is 1. The molecule has 0 radical (unpaired) electrons. The van der Waals surface area contributed by atoms with Crippen molar-refractivity contribution < 1.29 is 14.9 Å². The number of hydrogen-bond acceptors (Lipinski definition) is 3. The zero-order valence-corrected chi connectivity index (χ0v) is 14.5. The van der Waals surface area contributed by atoms with Crippen molar-refractivity contribution in [2.75, 3.05) is 7.11 Å². The van der Waals surface area contributed by atoms with E-state index >= 15 is 0 Å². The van der Waals surface area contributed by atoms with Gasteiger partial charge in [-0.15, -0.1) is 0 Å². The fraction of sp³-hybridized carbons (Fsp3) is 0.800. The van der Waals surface area contributed by atoms with E-state index in [0.717, 1.165) is 32.1 Å². The van der Waals surface area contributed by atoms with Crippen LogP contribution in [0.15, 0.2) is 23.8 Å². The molecule has 0 amide bonds. The van der Waals surface area contributed by atoms with Crippen molar-refractivity contribution in [1.29, 1.82) is 0 Å². The van der Waals surface area contributed by atoms with Gasteiger partial charge in [-0.05, 0) is 43.9 Å². The lowest BCUT2D eigenvalue weighted by molar-refractivity contribution is -0.0688. The Bertz CT molecular complexity index is 553. The van der Waals surface area contributed by atoms with E-state index in [-0.39, 0.29) is 29.1 Å². The van der Waals surface area contributed by atoms with E-state index in [4.69, 9.17) is 4.74 Å². The van der Waals surface area contributed by atoms with Gasteiger partial charge in [0.25, 0.3) is 0 Å². The smallest absolute Gasteiger partial charge is 0.0724 e. The molecule has 2 N–H and O–H groups in total. The molecule has 0 spiro atoms. The van der Waals surface area contributed by atoms with Gasteiger partial charge >= 0.3 is 0 Å². The molecular formula is C20H30O3. The van der Waals surface area contributed by atoms with Crippen LogP contribution < -0.4 is 0 Å². The molecule has 4 aliphatic rings. The van der Waals surface area contributed by atoms with Crippen molar-refractivity contribution >= 4 is 0 Å². The molecule has 128 valence electrons. The van der Waals surface area contributed by atoms with Gasteiger partial charge in [-0.1, -0.05) is 37.6 Å². The molecule has 1 unspecified atom stereocenters. The molecule has 0 aromatic carbocycles. The van der Waals surface area contributed by atoms with E-state index in [0.29, 0.717) is 17.8 Å². The minimum atomic E-state index is -0.315. The van der Waals surface area contributed by atoms with Gasteiger partial charge in [0.1, 0.15) is 0 Å². The highest BCUT2D eigenvalue weighted by Crippen LogP contribution is 2.63. The van der Waals surface area contributed by atoms with Crippen LogP contribution in [0.3, 0.4) is 0 Å². The van der Waals surface area contributed by atoms with Crippen molar-refractivity contribution in [3.63, 3.8) is 0 Å². The highest BCUT2D eigenvalue weighted by Gasteiger charge is 2.59. The molecule has 0 bridgehead atoms. The molecule has 0 aromatic rings. The molecule has 23 heavy (non-hydrogen) atoms. The minimum absolute atomic E-state index is 0.00599. The van der Waals surface area contributed by atoms with Gasteiger partial charge in [-0.25, -0.2) is 0 Å². The Morgan fingerprint density at radius 2 is 1.96 bits per heavy atom. The molecule has 2 fully saturated rings. The number of hydrogen-bond donors (Lipinski definition) is 2. The lowest BCUT2D eigenvalue weighted by Gasteiger charge is -2.57. The van der Waals surface area contributed by atoms with Crippen LogP contribution in [0.5, 0.6) is 0 Å². The molecule has 0 saturated heterocycles. The van der Waals surface area contributed by atoms with Gasteiger partial charge in [0.05, 0.1) is 18.3 Å². The zero-order valence-electron chi connectivity index (χ0n) is 14.5. The van der Waals surface area contributed by atoms with Crippen LogP contribution in [-0.2, 0) is 4.74 Å². The van der Waals surface area contributed by atoms with E-state index in [1.165, 1.54) is 5.57 Å². The second-order valence-corrected chi connectivity index (χ2v) is 8.75. The summed E-state index contributed by atoms with van der Waals surface area (Å²) in [5.41, 5.74) is 1.57. The zero-order chi connectivity index (χ0) is 16.4. The van der Waals surface area contributed by atoms with Crippen molar-refractivity contribution in [3.05, 3.63) is 23.8 Å². The summed E-state index contributed by atoms with van der Waals surface area (Å²) in [5.74, 6) is 1.38. The summed E-state index contributed by atoms with van der Waals surface area (Å²) in [6.07, 6.45) is 11.2. The summed E-state index contributed by atoms with van der Waals surface area (Å²) in [6, 6.07) is 0. The number of rotatable bonds is 1. The predicted octanol–water partition coefficient (Wildman–Crippen LogP) is 3.07. The topological polar surface area (TPSA) is 49.7 Å². The first-order chi connectivity index (χ1) is 10.9. The van der Waals surface area contributed by atoms with E-state index in [1.807, 2.05) is 13.2 Å². The van der Waals surface area contributed by atoms with Crippen LogP contribution in [-0.4, -0.2) is 35.6 Å². The summed E-state index contributed by atoms with van der Waals surface area (Å²) >= 11 is 0. The van der Waals surface area contributed by atoms with E-state index in [2.05, 4.69) is 26.0 Å². The first-order valence-corrected chi connectivity index (χ1v) is 9.19. The molecule has 0 aliphatic heterocycles. The third kappa shape index (κ3) is 2.06. The summed E-state index contributed by atoms with van der Waals surface area (Å²) in [6.45, 7) is 4.61. The fourth-order valence-corrected chi connectivity index (χ4v) is 6.25. The number of aliphatic hydroxyl groups excluding tert-OH is 2. The third-order valence-corrected chi connectivity index (χ3v) is 7.79. The normalized spacial score (nSPS) is 54.9. The number of fused-ring (bicyclic) bond motifs is 5. The van der Waals surface area contributed by atoms with Gasteiger partial charge in [-0.3, -0.25) is 0 Å². The standard InChI is InChI=1S/C20H30O3/c1-19-8-6-13(21)10-12(19)11-16(23-3)18-14-4-5-17(22)20(14,2)9-7-15(18)19/h6-8,12-14,16-18,21-22H,4-5,9-11H2,1-3H3/t12?,13-,14-,16-,17-,18-,19-,20-/m0/s1. The van der Waals surface area contributed by atoms with Crippen LogP contribution >= 0.6 is 0 Å². The highest BCUT2D eigenvalue weighted by atomic mass is 16.5. The van der Waals surface area contributed by atoms with E-state index < -0.39 is 0 Å². The van der Waals surface area contributed by atoms with Crippen molar-refractivity contribution in [2.24, 2.45) is 28.6 Å². The Labute approximate surface area is 139 Å². The highest BCUT2D eigenvalue weighted by molar-refractivity contribution is 5.35. The van der Waals surface area contributed by atoms with Crippen LogP contribution in [0, 0.1) is 28.6 Å². The minimum Gasteiger partial charge on any atom is -0.393 e. The Balaban J connectivity index is 1.79. The van der Waals surface area contributed by atoms with Crippen LogP contribution in [0.2, 0.25) is 0 Å². The summed E-state index contributed by atoms with van der Waals surface area (Å²) in [5, 5.41) is 20.6. The average molecular weight is 318 g/mol. The number of methoxy groups -OCH3 is 1. The van der Waals surface area contributed by atoms with Gasteiger partial charge < -0.3 is 14.9 Å². The van der Waals surface area contributed by atoms with Crippen LogP contribution in [0.25, 0.3) is 0 Å². The second kappa shape index (κ2) is 5.18. The van der Waals surface area contributed by atoms with E-state index in [1.54, 1.807) is 0 Å². The second-order valence-electron chi connectivity index (χ2n) is 8.75. The maximum absolute atomic E-state index is 10.5. The first kappa shape index (κ1) is 15.9. The van der Waals surface area contributed by atoms with Crippen LogP contribution in [0.4, 0.5) is 0 Å². The quantitative estimate of drug-likeness (QED) is 0.731. The van der Waals surface area contributed by atoms with Gasteiger partial charge in [0, 0.05) is 23.9 Å². The molecular weight excluding hydrogens is 288 g/mol. The third-order valence-electron chi connectivity index (χ3n) is 7.79. The molecule has 3 nitrogen and oxygen atoms in total. The van der Waals surface area contributed by atoms with Crippen molar-refractivity contribution in [2.45, 2.75) is 64.3 Å². The Hall–Kier alpha value is -0.640. The maximum atomic E-state index is 10.5.